The van der Waals surface area contributed by atoms with E-state index in [4.69, 9.17) is 4.98 Å². The van der Waals surface area contributed by atoms with Gasteiger partial charge in [0.25, 0.3) is 0 Å². The summed E-state index contributed by atoms with van der Waals surface area (Å²) in [5.41, 5.74) is 4.83. The van der Waals surface area contributed by atoms with Gasteiger partial charge in [-0.1, -0.05) is 26.8 Å². The van der Waals surface area contributed by atoms with E-state index in [1.54, 1.807) is 13.1 Å². The topological polar surface area (TPSA) is 78.4 Å². The lowest BCUT2D eigenvalue weighted by atomic mass is 9.92. The highest BCUT2D eigenvalue weighted by Crippen LogP contribution is 2.31. The van der Waals surface area contributed by atoms with E-state index in [1.165, 1.54) is 0 Å². The van der Waals surface area contributed by atoms with Crippen molar-refractivity contribution in [2.24, 2.45) is 5.41 Å². The molecule has 1 atom stereocenters. The average molecular weight is 397 g/mol. The van der Waals surface area contributed by atoms with Crippen molar-refractivity contribution in [3.8, 4) is 0 Å². The first-order valence-corrected chi connectivity index (χ1v) is 10.3. The fourth-order valence-electron chi connectivity index (χ4n) is 3.57. The Morgan fingerprint density at radius 2 is 2.10 bits per heavy atom. The predicted molar refractivity (Wildman–Crippen MR) is 116 cm³/mol. The SMILES string of the molecule is Cc1cc2c(nc1NC(=O)CC(C)(C)C)CCCN2Cc1ccc([C@H](C)O)cn1. The van der Waals surface area contributed by atoms with Crippen molar-refractivity contribution < 1.29 is 9.90 Å². The number of aromatic nitrogens is 2. The number of fused-ring (bicyclic) bond motifs is 1. The van der Waals surface area contributed by atoms with E-state index in [-0.39, 0.29) is 11.3 Å². The molecule has 3 heterocycles. The molecule has 0 spiro atoms. The summed E-state index contributed by atoms with van der Waals surface area (Å²) in [5.74, 6) is 0.669. The molecular formula is C23H32N4O2. The molecule has 0 aliphatic carbocycles. The molecule has 6 nitrogen and oxygen atoms in total. The minimum absolute atomic E-state index is 0.00289. The Hall–Kier alpha value is -2.47. The number of rotatable bonds is 5. The molecule has 0 saturated carbocycles. The molecule has 2 N–H and O–H groups in total. The minimum atomic E-state index is -0.508. The lowest BCUT2D eigenvalue weighted by molar-refractivity contribution is -0.117. The predicted octanol–water partition coefficient (Wildman–Crippen LogP) is 4.17. The van der Waals surface area contributed by atoms with Crippen molar-refractivity contribution in [1.29, 1.82) is 0 Å². The number of amides is 1. The monoisotopic (exact) mass is 396 g/mol. The van der Waals surface area contributed by atoms with Crippen molar-refractivity contribution in [2.45, 2.75) is 66.5 Å². The van der Waals surface area contributed by atoms with Crippen LogP contribution in [0.15, 0.2) is 24.4 Å². The van der Waals surface area contributed by atoms with Gasteiger partial charge < -0.3 is 15.3 Å². The number of aryl methyl sites for hydroxylation is 2. The number of aliphatic hydroxyl groups excluding tert-OH is 1. The van der Waals surface area contributed by atoms with Gasteiger partial charge in [-0.2, -0.15) is 0 Å². The standard InChI is InChI=1S/C23H32N4O2/c1-15-11-20-19(25-22(15)26-21(29)12-23(3,4)5)7-6-10-27(20)14-18-9-8-17(13-24-18)16(2)28/h8-9,11,13,16,28H,6-7,10,12,14H2,1-5H3,(H,25,26,29)/t16-/m0/s1. The van der Waals surface area contributed by atoms with Crippen LogP contribution in [0, 0.1) is 12.3 Å². The zero-order valence-electron chi connectivity index (χ0n) is 18.1. The van der Waals surface area contributed by atoms with E-state index in [0.717, 1.165) is 47.6 Å². The number of pyridine rings is 2. The van der Waals surface area contributed by atoms with Crippen LogP contribution < -0.4 is 10.2 Å². The van der Waals surface area contributed by atoms with E-state index in [9.17, 15) is 9.90 Å². The van der Waals surface area contributed by atoms with Crippen LogP contribution in [0.4, 0.5) is 11.5 Å². The Morgan fingerprint density at radius 1 is 1.34 bits per heavy atom. The first-order chi connectivity index (χ1) is 13.6. The quantitative estimate of drug-likeness (QED) is 0.793. The lowest BCUT2D eigenvalue weighted by Crippen LogP contribution is -2.30. The summed E-state index contributed by atoms with van der Waals surface area (Å²) < 4.78 is 0. The molecule has 0 fully saturated rings. The van der Waals surface area contributed by atoms with Crippen LogP contribution in [0.1, 0.15) is 69.2 Å². The number of aliphatic hydroxyl groups is 1. The molecule has 3 rings (SSSR count). The van der Waals surface area contributed by atoms with Crippen LogP contribution in [0.2, 0.25) is 0 Å². The zero-order chi connectivity index (χ0) is 21.2. The van der Waals surface area contributed by atoms with E-state index < -0.39 is 6.10 Å². The Labute approximate surface area is 173 Å². The summed E-state index contributed by atoms with van der Waals surface area (Å²) in [6.45, 7) is 11.5. The molecule has 1 aliphatic heterocycles. The van der Waals surface area contributed by atoms with Gasteiger partial charge in [0.05, 0.1) is 29.7 Å². The number of hydrogen-bond donors (Lipinski definition) is 2. The normalized spacial score (nSPS) is 15.0. The van der Waals surface area contributed by atoms with Crippen molar-refractivity contribution >= 4 is 17.4 Å². The van der Waals surface area contributed by atoms with Gasteiger partial charge in [-0.15, -0.1) is 0 Å². The minimum Gasteiger partial charge on any atom is -0.389 e. The molecular weight excluding hydrogens is 364 g/mol. The molecule has 0 bridgehead atoms. The summed E-state index contributed by atoms with van der Waals surface area (Å²) in [7, 11) is 0. The molecule has 156 valence electrons. The molecule has 29 heavy (non-hydrogen) atoms. The molecule has 2 aromatic rings. The van der Waals surface area contributed by atoms with Gasteiger partial charge >= 0.3 is 0 Å². The smallest absolute Gasteiger partial charge is 0.226 e. The lowest BCUT2D eigenvalue weighted by Gasteiger charge is -2.31. The van der Waals surface area contributed by atoms with Gasteiger partial charge in [0.2, 0.25) is 5.91 Å². The highest BCUT2D eigenvalue weighted by Gasteiger charge is 2.22. The van der Waals surface area contributed by atoms with E-state index in [1.807, 2.05) is 19.1 Å². The maximum atomic E-state index is 12.3. The van der Waals surface area contributed by atoms with Crippen molar-refractivity contribution in [1.82, 2.24) is 9.97 Å². The van der Waals surface area contributed by atoms with Crippen molar-refractivity contribution in [2.75, 3.05) is 16.8 Å². The zero-order valence-corrected chi connectivity index (χ0v) is 18.1. The van der Waals surface area contributed by atoms with E-state index in [2.05, 4.69) is 42.0 Å². The Morgan fingerprint density at radius 3 is 2.72 bits per heavy atom. The molecule has 0 saturated heterocycles. The van der Waals surface area contributed by atoms with Crippen LogP contribution in [-0.2, 0) is 17.8 Å². The van der Waals surface area contributed by atoms with Gasteiger partial charge in [0.15, 0.2) is 0 Å². The summed E-state index contributed by atoms with van der Waals surface area (Å²) in [5, 5.41) is 12.7. The number of nitrogens with zero attached hydrogens (tertiary/aromatic N) is 3. The molecule has 1 aliphatic rings. The average Bonchev–Trinajstić information content (AvgIpc) is 2.62. The van der Waals surface area contributed by atoms with Crippen LogP contribution in [0.5, 0.6) is 0 Å². The number of hydrogen-bond acceptors (Lipinski definition) is 5. The van der Waals surface area contributed by atoms with Gasteiger partial charge in [0.1, 0.15) is 5.82 Å². The molecule has 2 aromatic heterocycles. The molecule has 6 heteroatoms. The van der Waals surface area contributed by atoms with Gasteiger partial charge in [0, 0.05) is 19.2 Å². The van der Waals surface area contributed by atoms with Crippen LogP contribution >= 0.6 is 0 Å². The van der Waals surface area contributed by atoms with Crippen LogP contribution in [-0.4, -0.2) is 27.5 Å². The highest BCUT2D eigenvalue weighted by molar-refractivity contribution is 5.91. The van der Waals surface area contributed by atoms with E-state index in [0.29, 0.717) is 18.8 Å². The molecule has 0 radical (unpaired) electrons. The van der Waals surface area contributed by atoms with Gasteiger partial charge in [-0.3, -0.25) is 9.78 Å². The summed E-state index contributed by atoms with van der Waals surface area (Å²) in [6.07, 6.45) is 3.62. The molecule has 0 unspecified atom stereocenters. The van der Waals surface area contributed by atoms with Crippen LogP contribution in [0.3, 0.4) is 0 Å². The molecule has 1 amide bonds. The maximum absolute atomic E-state index is 12.3. The second-order valence-electron chi connectivity index (χ2n) is 9.19. The van der Waals surface area contributed by atoms with Gasteiger partial charge in [-0.25, -0.2) is 4.98 Å². The van der Waals surface area contributed by atoms with E-state index >= 15 is 0 Å². The largest absolute Gasteiger partial charge is 0.389 e. The highest BCUT2D eigenvalue weighted by atomic mass is 16.3. The fraction of sp³-hybridized carbons (Fsp3) is 0.522. The Bertz CT molecular complexity index is 870. The van der Waals surface area contributed by atoms with Gasteiger partial charge in [-0.05, 0) is 55.4 Å². The third-order valence-corrected chi connectivity index (χ3v) is 5.08. The molecule has 0 aromatic carbocycles. The first-order valence-electron chi connectivity index (χ1n) is 10.3. The maximum Gasteiger partial charge on any atom is 0.226 e. The Balaban J connectivity index is 1.77. The second kappa shape index (κ2) is 8.49. The number of nitrogens with one attached hydrogen (secondary N) is 1. The summed E-state index contributed by atoms with van der Waals surface area (Å²) in [4.78, 5) is 23.9. The number of carbonyl (C=O) groups excluding carboxylic acids is 1. The second-order valence-corrected chi connectivity index (χ2v) is 9.19. The Kier molecular flexibility index (Phi) is 6.22. The fourth-order valence-corrected chi connectivity index (χ4v) is 3.57. The third-order valence-electron chi connectivity index (χ3n) is 5.08. The summed E-state index contributed by atoms with van der Waals surface area (Å²) in [6, 6.07) is 6.02. The number of carbonyl (C=O) groups is 1. The van der Waals surface area contributed by atoms with Crippen LogP contribution in [0.25, 0.3) is 0 Å². The van der Waals surface area contributed by atoms with Crippen molar-refractivity contribution in [3.63, 3.8) is 0 Å². The van der Waals surface area contributed by atoms with Crippen molar-refractivity contribution in [3.05, 3.63) is 46.9 Å². The third kappa shape index (κ3) is 5.54. The first kappa shape index (κ1) is 21.2. The summed E-state index contributed by atoms with van der Waals surface area (Å²) >= 11 is 0. The number of anilines is 2.